The van der Waals surface area contributed by atoms with Crippen LogP contribution in [-0.4, -0.2) is 29.5 Å². The number of fused-ring (bicyclic) bond motifs is 1. The molecule has 0 saturated heterocycles. The fourth-order valence-electron chi connectivity index (χ4n) is 2.51. The Morgan fingerprint density at radius 3 is 2.65 bits per heavy atom. The molecule has 128 valence electrons. The highest BCUT2D eigenvalue weighted by Gasteiger charge is 2.17. The summed E-state index contributed by atoms with van der Waals surface area (Å²) in [5.41, 5.74) is -0.162. The molecular formula is C16H8Cl2N6O2. The summed E-state index contributed by atoms with van der Waals surface area (Å²) >= 11 is 12.2. The summed E-state index contributed by atoms with van der Waals surface area (Å²) < 4.78 is 0.896. The van der Waals surface area contributed by atoms with E-state index < -0.39 is 11.2 Å². The van der Waals surface area contributed by atoms with Gasteiger partial charge in [-0.05, 0) is 6.07 Å². The van der Waals surface area contributed by atoms with Gasteiger partial charge < -0.3 is 0 Å². The number of aromatic amines is 1. The first-order chi connectivity index (χ1) is 12.6. The molecule has 3 aromatic heterocycles. The Balaban J connectivity index is 2.01. The number of halogens is 2. The lowest BCUT2D eigenvalue weighted by molar-refractivity contribution is 0.888. The van der Waals surface area contributed by atoms with Crippen molar-refractivity contribution in [3.8, 4) is 16.9 Å². The van der Waals surface area contributed by atoms with Gasteiger partial charge in [-0.15, -0.1) is 0 Å². The van der Waals surface area contributed by atoms with E-state index in [-0.39, 0.29) is 27.0 Å². The molecule has 0 spiro atoms. The third-order valence-corrected chi connectivity index (χ3v) is 4.21. The fourth-order valence-corrected chi connectivity index (χ4v) is 2.95. The number of benzene rings is 1. The number of nitrogens with zero attached hydrogens (tertiary/aromatic N) is 5. The van der Waals surface area contributed by atoms with Gasteiger partial charge in [0.05, 0.1) is 28.8 Å². The van der Waals surface area contributed by atoms with Gasteiger partial charge in [0.25, 0.3) is 5.56 Å². The van der Waals surface area contributed by atoms with Crippen molar-refractivity contribution in [3.05, 3.63) is 74.0 Å². The largest absolute Gasteiger partial charge is 0.334 e. The van der Waals surface area contributed by atoms with E-state index in [0.717, 1.165) is 4.57 Å². The summed E-state index contributed by atoms with van der Waals surface area (Å²) in [6, 6.07) is 4.93. The Bertz CT molecular complexity index is 1250. The Morgan fingerprint density at radius 1 is 1.04 bits per heavy atom. The summed E-state index contributed by atoms with van der Waals surface area (Å²) in [5.74, 6) is 0. The molecule has 0 amide bonds. The minimum atomic E-state index is -0.711. The van der Waals surface area contributed by atoms with E-state index in [4.69, 9.17) is 23.2 Å². The van der Waals surface area contributed by atoms with Crippen LogP contribution in [0.3, 0.4) is 0 Å². The van der Waals surface area contributed by atoms with Crippen molar-refractivity contribution in [2.75, 3.05) is 0 Å². The summed E-state index contributed by atoms with van der Waals surface area (Å²) in [6.45, 7) is 0. The van der Waals surface area contributed by atoms with Crippen molar-refractivity contribution in [1.29, 1.82) is 0 Å². The van der Waals surface area contributed by atoms with Crippen molar-refractivity contribution >= 4 is 34.4 Å². The van der Waals surface area contributed by atoms with Gasteiger partial charge in [0.15, 0.2) is 11.2 Å². The second-order valence-electron chi connectivity index (χ2n) is 5.19. The van der Waals surface area contributed by atoms with Crippen LogP contribution in [0.5, 0.6) is 0 Å². The molecule has 1 aromatic carbocycles. The topological polar surface area (TPSA) is 106 Å². The predicted molar refractivity (Wildman–Crippen MR) is 96.8 cm³/mol. The monoisotopic (exact) mass is 386 g/mol. The SMILES string of the molecule is O=c1[nH]c2nc(Cl)cnc2c(=O)n1-c1cccc(-c2cnccn2)c1Cl. The molecule has 3 heterocycles. The third-order valence-electron chi connectivity index (χ3n) is 3.64. The van der Waals surface area contributed by atoms with Crippen molar-refractivity contribution in [3.63, 3.8) is 0 Å². The molecule has 0 aliphatic heterocycles. The maximum Gasteiger partial charge on any atom is 0.334 e. The Kier molecular flexibility index (Phi) is 3.98. The molecule has 0 fully saturated rings. The second kappa shape index (κ2) is 6.32. The zero-order valence-corrected chi connectivity index (χ0v) is 14.4. The van der Waals surface area contributed by atoms with Crippen molar-refractivity contribution in [2.45, 2.75) is 0 Å². The normalized spacial score (nSPS) is 11.0. The molecule has 0 radical (unpaired) electrons. The number of hydrogen-bond donors (Lipinski definition) is 1. The number of hydrogen-bond acceptors (Lipinski definition) is 6. The minimum Gasteiger partial charge on any atom is -0.289 e. The molecule has 0 atom stereocenters. The van der Waals surface area contributed by atoms with Crippen LogP contribution in [0.25, 0.3) is 28.1 Å². The third kappa shape index (κ3) is 2.65. The summed E-state index contributed by atoms with van der Waals surface area (Å²) in [7, 11) is 0. The van der Waals surface area contributed by atoms with Crippen LogP contribution >= 0.6 is 23.2 Å². The van der Waals surface area contributed by atoms with E-state index in [1.54, 1.807) is 18.2 Å². The van der Waals surface area contributed by atoms with Crippen molar-refractivity contribution in [1.82, 2.24) is 29.5 Å². The van der Waals surface area contributed by atoms with Crippen LogP contribution in [-0.2, 0) is 0 Å². The molecule has 0 aliphatic carbocycles. The lowest BCUT2D eigenvalue weighted by Gasteiger charge is -2.11. The fraction of sp³-hybridized carbons (Fsp3) is 0. The van der Waals surface area contributed by atoms with Gasteiger partial charge in [-0.2, -0.15) is 0 Å². The zero-order valence-electron chi connectivity index (χ0n) is 12.8. The molecule has 0 aliphatic rings. The highest BCUT2D eigenvalue weighted by molar-refractivity contribution is 6.35. The lowest BCUT2D eigenvalue weighted by Crippen LogP contribution is -2.34. The van der Waals surface area contributed by atoms with Crippen molar-refractivity contribution < 1.29 is 0 Å². The van der Waals surface area contributed by atoms with Gasteiger partial charge in [0, 0.05) is 18.0 Å². The molecular weight excluding hydrogens is 379 g/mol. The maximum atomic E-state index is 12.8. The van der Waals surface area contributed by atoms with Crippen LogP contribution in [0.15, 0.2) is 52.6 Å². The molecule has 0 saturated carbocycles. The van der Waals surface area contributed by atoms with Crippen LogP contribution in [0.4, 0.5) is 0 Å². The molecule has 0 bridgehead atoms. The van der Waals surface area contributed by atoms with E-state index in [1.165, 1.54) is 24.8 Å². The molecule has 4 aromatic rings. The maximum absolute atomic E-state index is 12.8. The lowest BCUT2D eigenvalue weighted by atomic mass is 10.1. The molecule has 0 unspecified atom stereocenters. The Hall–Kier alpha value is -3.10. The standard InChI is InChI=1S/C16H8Cl2N6O2/c17-11-7-21-13-14(22-11)23-16(26)24(15(13)25)10-3-1-2-8(12(10)18)9-6-19-4-5-20-9/h1-7H,(H,22,23,26). The molecule has 8 nitrogen and oxygen atoms in total. The van der Waals surface area contributed by atoms with E-state index in [2.05, 4.69) is 24.9 Å². The number of H-pyrrole nitrogens is 1. The van der Waals surface area contributed by atoms with Gasteiger partial charge >= 0.3 is 5.69 Å². The summed E-state index contributed by atoms with van der Waals surface area (Å²) in [4.78, 5) is 43.8. The first-order valence-electron chi connectivity index (χ1n) is 7.29. The molecule has 10 heteroatoms. The number of rotatable bonds is 2. The van der Waals surface area contributed by atoms with E-state index in [9.17, 15) is 9.59 Å². The van der Waals surface area contributed by atoms with Crippen LogP contribution in [0.1, 0.15) is 0 Å². The highest BCUT2D eigenvalue weighted by Crippen LogP contribution is 2.30. The highest BCUT2D eigenvalue weighted by atomic mass is 35.5. The van der Waals surface area contributed by atoms with E-state index in [1.807, 2.05) is 0 Å². The van der Waals surface area contributed by atoms with E-state index >= 15 is 0 Å². The Morgan fingerprint density at radius 2 is 1.88 bits per heavy atom. The first kappa shape index (κ1) is 16.4. The average molecular weight is 387 g/mol. The number of aromatic nitrogens is 6. The van der Waals surface area contributed by atoms with Gasteiger partial charge in [-0.25, -0.2) is 19.3 Å². The second-order valence-corrected chi connectivity index (χ2v) is 5.96. The summed E-state index contributed by atoms with van der Waals surface area (Å²) in [6.07, 6.45) is 5.81. The average Bonchev–Trinajstić information content (AvgIpc) is 2.63. The number of nitrogens with one attached hydrogen (secondary N) is 1. The van der Waals surface area contributed by atoms with Gasteiger partial charge in [0.1, 0.15) is 5.15 Å². The quantitative estimate of drug-likeness (QED) is 0.565. The van der Waals surface area contributed by atoms with Crippen LogP contribution in [0.2, 0.25) is 10.2 Å². The molecule has 26 heavy (non-hydrogen) atoms. The molecule has 1 N–H and O–H groups in total. The van der Waals surface area contributed by atoms with Gasteiger partial charge in [-0.3, -0.25) is 19.7 Å². The predicted octanol–water partition coefficient (Wildman–Crippen LogP) is 2.23. The van der Waals surface area contributed by atoms with E-state index in [0.29, 0.717) is 11.3 Å². The summed E-state index contributed by atoms with van der Waals surface area (Å²) in [5, 5.41) is 0.245. The minimum absolute atomic E-state index is 0.00459. The zero-order chi connectivity index (χ0) is 18.3. The Labute approximate surface area is 155 Å². The van der Waals surface area contributed by atoms with Gasteiger partial charge in [0.2, 0.25) is 0 Å². The smallest absolute Gasteiger partial charge is 0.289 e. The van der Waals surface area contributed by atoms with Crippen LogP contribution in [0, 0.1) is 0 Å². The van der Waals surface area contributed by atoms with Gasteiger partial charge in [-0.1, -0.05) is 35.3 Å². The molecule has 4 rings (SSSR count). The van der Waals surface area contributed by atoms with Crippen LogP contribution < -0.4 is 11.2 Å². The van der Waals surface area contributed by atoms with Crippen molar-refractivity contribution in [2.24, 2.45) is 0 Å². The first-order valence-corrected chi connectivity index (χ1v) is 8.04.